The predicted molar refractivity (Wildman–Crippen MR) is 70.4 cm³/mol. The molecule has 2 rings (SSSR count). The summed E-state index contributed by atoms with van der Waals surface area (Å²) in [5, 5.41) is 11.1. The largest absolute Gasteiger partial charge is 0.458 e. The monoisotopic (exact) mass is 276 g/mol. The molecule has 1 aliphatic rings. The number of anilines is 1. The smallest absolute Gasteiger partial charge is 0.410 e. The number of esters is 1. The molecule has 7 heteroatoms. The molecule has 20 heavy (non-hydrogen) atoms. The maximum atomic E-state index is 12.2. The van der Waals surface area contributed by atoms with Gasteiger partial charge in [0.2, 0.25) is 0 Å². The molecule has 0 fully saturated rings. The molecule has 0 unspecified atom stereocenters. The molecule has 0 spiro atoms. The van der Waals surface area contributed by atoms with Gasteiger partial charge in [-0.25, -0.2) is 4.79 Å². The number of likely N-dealkylation sites (N-methyl/N-ethyl adjacent to an activating group) is 1. The van der Waals surface area contributed by atoms with Crippen LogP contribution in [0.2, 0.25) is 0 Å². The first-order valence-electron chi connectivity index (χ1n) is 5.92. The number of ether oxygens (including phenoxy) is 1. The minimum absolute atomic E-state index is 0.00483. The van der Waals surface area contributed by atoms with Crippen LogP contribution in [-0.2, 0) is 14.3 Å². The van der Waals surface area contributed by atoms with Crippen LogP contribution in [0.25, 0.3) is 5.57 Å². The summed E-state index contributed by atoms with van der Waals surface area (Å²) in [7, 11) is 1.50. The van der Waals surface area contributed by atoms with E-state index >= 15 is 0 Å². The van der Waals surface area contributed by atoms with Crippen molar-refractivity contribution in [1.29, 1.82) is 0 Å². The minimum atomic E-state index is -1.11. The van der Waals surface area contributed by atoms with Gasteiger partial charge in [-0.15, -0.1) is 0 Å². The molecule has 7 nitrogen and oxygen atoms in total. The van der Waals surface area contributed by atoms with E-state index in [4.69, 9.17) is 0 Å². The van der Waals surface area contributed by atoms with Crippen molar-refractivity contribution in [2.75, 3.05) is 18.6 Å². The Morgan fingerprint density at radius 3 is 2.65 bits per heavy atom. The van der Waals surface area contributed by atoms with Gasteiger partial charge in [0, 0.05) is 12.6 Å². The van der Waals surface area contributed by atoms with Gasteiger partial charge < -0.3 is 9.64 Å². The average molecular weight is 276 g/mol. The topological polar surface area (TPSA) is 89.8 Å². The molecule has 0 radical (unpaired) electrons. The van der Waals surface area contributed by atoms with E-state index in [-0.39, 0.29) is 12.2 Å². The van der Waals surface area contributed by atoms with Crippen molar-refractivity contribution in [2.45, 2.75) is 6.92 Å². The van der Waals surface area contributed by atoms with Crippen LogP contribution < -0.4 is 4.90 Å². The normalized spacial score (nSPS) is 15.9. The first kappa shape index (κ1) is 13.7. The van der Waals surface area contributed by atoms with Gasteiger partial charge in [0.05, 0.1) is 17.2 Å². The van der Waals surface area contributed by atoms with Gasteiger partial charge in [0.1, 0.15) is 5.57 Å². The fourth-order valence-electron chi connectivity index (χ4n) is 2.07. The summed E-state index contributed by atoms with van der Waals surface area (Å²) in [5.41, 5.74) is -0.170. The zero-order chi connectivity index (χ0) is 14.9. The standard InChI is InChI=1S/C13H12N2O5/c1-3-20-13(17)11(15(18)19)10-8-6-4-5-7-9(8)14(2)12(10)16/h4-7H,3H2,1-2H3/b11-10-. The second-order valence-electron chi connectivity index (χ2n) is 4.08. The summed E-state index contributed by atoms with van der Waals surface area (Å²) in [6.45, 7) is 1.53. The quantitative estimate of drug-likeness (QED) is 0.358. The molecule has 1 heterocycles. The van der Waals surface area contributed by atoms with Gasteiger partial charge in [-0.05, 0) is 13.0 Å². The molecule has 0 saturated carbocycles. The van der Waals surface area contributed by atoms with Crippen LogP contribution >= 0.6 is 0 Å². The minimum Gasteiger partial charge on any atom is -0.458 e. The summed E-state index contributed by atoms with van der Waals surface area (Å²) < 4.78 is 4.67. The molecule has 0 bridgehead atoms. The van der Waals surface area contributed by atoms with Crippen molar-refractivity contribution in [3.05, 3.63) is 45.6 Å². The number of fused-ring (bicyclic) bond motifs is 1. The fraction of sp³-hybridized carbons (Fsp3) is 0.231. The second-order valence-corrected chi connectivity index (χ2v) is 4.08. The van der Waals surface area contributed by atoms with Gasteiger partial charge in [-0.2, -0.15) is 0 Å². The average Bonchev–Trinajstić information content (AvgIpc) is 2.65. The Morgan fingerprint density at radius 2 is 2.05 bits per heavy atom. The lowest BCUT2D eigenvalue weighted by Gasteiger charge is -2.07. The summed E-state index contributed by atoms with van der Waals surface area (Å²) in [4.78, 5) is 35.5. The number of hydrogen-bond donors (Lipinski definition) is 0. The van der Waals surface area contributed by atoms with Crippen LogP contribution in [0.4, 0.5) is 5.69 Å². The number of amides is 1. The molecule has 1 aromatic carbocycles. The Morgan fingerprint density at radius 1 is 1.40 bits per heavy atom. The SMILES string of the molecule is CCOC(=O)/C(=C1/C(=O)N(C)c2ccccc21)[N+](=O)[O-]. The van der Waals surface area contributed by atoms with Crippen LogP contribution in [0.3, 0.4) is 0 Å². The number of carbonyl (C=O) groups excluding carboxylic acids is 2. The molecule has 104 valence electrons. The number of carbonyl (C=O) groups is 2. The van der Waals surface area contributed by atoms with E-state index < -0.39 is 22.5 Å². The van der Waals surface area contributed by atoms with Crippen LogP contribution in [0.5, 0.6) is 0 Å². The maximum absolute atomic E-state index is 12.2. The Hall–Kier alpha value is -2.70. The summed E-state index contributed by atoms with van der Waals surface area (Å²) in [6, 6.07) is 6.58. The van der Waals surface area contributed by atoms with Gasteiger partial charge >= 0.3 is 11.7 Å². The third kappa shape index (κ3) is 2.03. The molecule has 0 aliphatic carbocycles. The highest BCUT2D eigenvalue weighted by Crippen LogP contribution is 2.37. The summed E-state index contributed by atoms with van der Waals surface area (Å²) >= 11 is 0. The Balaban J connectivity index is 2.69. The number of nitro groups is 1. The molecular formula is C13H12N2O5. The van der Waals surface area contributed by atoms with E-state index in [0.717, 1.165) is 0 Å². The molecule has 1 aliphatic heterocycles. The highest BCUT2D eigenvalue weighted by atomic mass is 16.6. The molecule has 1 aromatic rings. The van der Waals surface area contributed by atoms with E-state index in [1.54, 1.807) is 24.3 Å². The zero-order valence-corrected chi connectivity index (χ0v) is 11.0. The van der Waals surface area contributed by atoms with Crippen molar-refractivity contribution >= 4 is 23.1 Å². The number of para-hydroxylation sites is 1. The molecule has 0 atom stereocenters. The number of nitrogens with zero attached hydrogens (tertiary/aromatic N) is 2. The fourth-order valence-corrected chi connectivity index (χ4v) is 2.07. The lowest BCUT2D eigenvalue weighted by Crippen LogP contribution is -2.24. The third-order valence-electron chi connectivity index (χ3n) is 2.94. The maximum Gasteiger partial charge on any atom is 0.410 e. The van der Waals surface area contributed by atoms with Gasteiger partial charge in [0.15, 0.2) is 0 Å². The van der Waals surface area contributed by atoms with Gasteiger partial charge in [-0.3, -0.25) is 14.9 Å². The van der Waals surface area contributed by atoms with E-state index in [0.29, 0.717) is 11.3 Å². The van der Waals surface area contributed by atoms with Crippen molar-refractivity contribution in [2.24, 2.45) is 0 Å². The molecular weight excluding hydrogens is 264 g/mol. The second kappa shape index (κ2) is 5.12. The van der Waals surface area contributed by atoms with Crippen LogP contribution in [0, 0.1) is 10.1 Å². The Bertz CT molecular complexity index is 635. The van der Waals surface area contributed by atoms with E-state index in [1.807, 2.05) is 0 Å². The van der Waals surface area contributed by atoms with Gasteiger partial charge in [0.25, 0.3) is 5.91 Å². The van der Waals surface area contributed by atoms with Crippen LogP contribution in [-0.4, -0.2) is 30.5 Å². The lowest BCUT2D eigenvalue weighted by atomic mass is 10.1. The van der Waals surface area contributed by atoms with E-state index in [1.165, 1.54) is 18.9 Å². The van der Waals surface area contributed by atoms with E-state index in [2.05, 4.69) is 4.74 Å². The van der Waals surface area contributed by atoms with Crippen LogP contribution in [0.15, 0.2) is 30.0 Å². The van der Waals surface area contributed by atoms with Crippen molar-refractivity contribution in [3.63, 3.8) is 0 Å². The number of rotatable bonds is 3. The van der Waals surface area contributed by atoms with E-state index in [9.17, 15) is 19.7 Å². The Labute approximate surface area is 114 Å². The highest BCUT2D eigenvalue weighted by molar-refractivity contribution is 6.35. The zero-order valence-electron chi connectivity index (χ0n) is 11.0. The Kier molecular flexibility index (Phi) is 3.51. The van der Waals surface area contributed by atoms with Crippen LogP contribution in [0.1, 0.15) is 12.5 Å². The van der Waals surface area contributed by atoms with Crippen molar-refractivity contribution in [3.8, 4) is 0 Å². The molecule has 1 amide bonds. The van der Waals surface area contributed by atoms with Crippen molar-refractivity contribution in [1.82, 2.24) is 0 Å². The molecule has 0 N–H and O–H groups in total. The predicted octanol–water partition coefficient (Wildman–Crippen LogP) is 1.21. The molecule has 0 saturated heterocycles. The lowest BCUT2D eigenvalue weighted by molar-refractivity contribution is -0.420. The van der Waals surface area contributed by atoms with Gasteiger partial charge in [-0.1, -0.05) is 18.2 Å². The third-order valence-corrected chi connectivity index (χ3v) is 2.94. The first-order chi connectivity index (χ1) is 9.49. The van der Waals surface area contributed by atoms with Crippen molar-refractivity contribution < 1.29 is 19.2 Å². The molecule has 0 aromatic heterocycles. The number of hydrogen-bond acceptors (Lipinski definition) is 5. The number of benzene rings is 1. The highest BCUT2D eigenvalue weighted by Gasteiger charge is 2.41. The summed E-state index contributed by atoms with van der Waals surface area (Å²) in [6.07, 6.45) is 0. The summed E-state index contributed by atoms with van der Waals surface area (Å²) in [5.74, 6) is -1.70. The first-order valence-corrected chi connectivity index (χ1v) is 5.92.